The van der Waals surface area contributed by atoms with Crippen LogP contribution in [0.3, 0.4) is 0 Å². The summed E-state index contributed by atoms with van der Waals surface area (Å²) < 4.78 is 0. The van der Waals surface area contributed by atoms with E-state index in [1.54, 1.807) is 0 Å². The van der Waals surface area contributed by atoms with Crippen molar-refractivity contribution in [2.75, 3.05) is 32.7 Å². The molecule has 1 rings (SSSR count). The molecule has 0 aromatic heterocycles. The largest absolute Gasteiger partial charge is 0.338 e. The monoisotopic (exact) mass is 298 g/mol. The lowest BCUT2D eigenvalue weighted by Gasteiger charge is -2.33. The van der Waals surface area contributed by atoms with E-state index in [1.165, 1.54) is 12.8 Å². The minimum absolute atomic E-state index is 0.224. The molecule has 3 amide bonds. The molecule has 0 spiro atoms. The number of nitrogens with one attached hydrogen (secondary N) is 3. The number of rotatable bonds is 7. The molecule has 3 N–H and O–H groups in total. The molecule has 1 fully saturated rings. The summed E-state index contributed by atoms with van der Waals surface area (Å²) in [6.07, 6.45) is 3.40. The fourth-order valence-corrected chi connectivity index (χ4v) is 2.73. The van der Waals surface area contributed by atoms with Crippen LogP contribution in [-0.2, 0) is 4.79 Å². The molecule has 0 bridgehead atoms. The number of hydrogen-bond donors (Lipinski definition) is 3. The number of imide groups is 1. The van der Waals surface area contributed by atoms with Crippen molar-refractivity contribution < 1.29 is 9.59 Å². The first-order valence-electron chi connectivity index (χ1n) is 8.11. The van der Waals surface area contributed by atoms with E-state index in [9.17, 15) is 9.59 Å². The second-order valence-electron chi connectivity index (χ2n) is 5.73. The number of nitrogens with zero attached hydrogens (tertiary/aromatic N) is 1. The highest BCUT2D eigenvalue weighted by Gasteiger charge is 2.25. The van der Waals surface area contributed by atoms with Gasteiger partial charge in [0, 0.05) is 13.1 Å². The summed E-state index contributed by atoms with van der Waals surface area (Å²) in [5, 5.41) is 8.40. The van der Waals surface area contributed by atoms with Crippen LogP contribution in [-0.4, -0.2) is 55.6 Å². The molecule has 0 aromatic rings. The molecule has 0 aromatic carbocycles. The van der Waals surface area contributed by atoms with Gasteiger partial charge in [-0.25, -0.2) is 4.79 Å². The van der Waals surface area contributed by atoms with E-state index in [0.717, 1.165) is 32.6 Å². The molecule has 122 valence electrons. The van der Waals surface area contributed by atoms with E-state index in [4.69, 9.17) is 0 Å². The van der Waals surface area contributed by atoms with E-state index < -0.39 is 6.03 Å². The molecule has 6 nitrogen and oxygen atoms in total. The van der Waals surface area contributed by atoms with Crippen LogP contribution in [0.4, 0.5) is 4.79 Å². The lowest BCUT2D eigenvalue weighted by Crippen LogP contribution is -2.51. The number of carbonyl (C=O) groups is 2. The Morgan fingerprint density at radius 2 is 2.14 bits per heavy atom. The molecule has 1 saturated heterocycles. The van der Waals surface area contributed by atoms with Crippen molar-refractivity contribution in [3.63, 3.8) is 0 Å². The van der Waals surface area contributed by atoms with Gasteiger partial charge in [-0.2, -0.15) is 0 Å². The molecular weight excluding hydrogens is 268 g/mol. The first-order valence-corrected chi connectivity index (χ1v) is 8.11. The SMILES string of the molecule is CCCN(CC1CCCNC1)C(C)C(=O)NC(=O)NCC. The van der Waals surface area contributed by atoms with E-state index in [1.807, 2.05) is 13.8 Å². The van der Waals surface area contributed by atoms with Crippen LogP contribution in [0.25, 0.3) is 0 Å². The van der Waals surface area contributed by atoms with Gasteiger partial charge in [0.15, 0.2) is 0 Å². The predicted molar refractivity (Wildman–Crippen MR) is 84.1 cm³/mol. The number of urea groups is 1. The predicted octanol–water partition coefficient (Wildman–Crippen LogP) is 0.932. The standard InChI is InChI=1S/C15H30N4O2/c1-4-9-19(11-13-7-6-8-16-10-13)12(3)14(20)18-15(21)17-5-2/h12-13,16H,4-11H2,1-3H3,(H2,17,18,20,21). The Morgan fingerprint density at radius 1 is 1.38 bits per heavy atom. The Bertz CT molecular complexity index is 330. The zero-order valence-electron chi connectivity index (χ0n) is 13.6. The highest BCUT2D eigenvalue weighted by Crippen LogP contribution is 2.14. The highest BCUT2D eigenvalue weighted by atomic mass is 16.2. The molecule has 21 heavy (non-hydrogen) atoms. The van der Waals surface area contributed by atoms with Gasteiger partial charge in [0.1, 0.15) is 0 Å². The van der Waals surface area contributed by atoms with Crippen LogP contribution in [0.5, 0.6) is 0 Å². The maximum Gasteiger partial charge on any atom is 0.321 e. The molecule has 2 unspecified atom stereocenters. The molecular formula is C15H30N4O2. The number of amides is 3. The van der Waals surface area contributed by atoms with Crippen molar-refractivity contribution in [2.24, 2.45) is 5.92 Å². The van der Waals surface area contributed by atoms with E-state index in [0.29, 0.717) is 12.5 Å². The molecule has 0 radical (unpaired) electrons. The van der Waals surface area contributed by atoms with Gasteiger partial charge in [0.2, 0.25) is 5.91 Å². The van der Waals surface area contributed by atoms with Crippen molar-refractivity contribution in [2.45, 2.75) is 46.1 Å². The van der Waals surface area contributed by atoms with Gasteiger partial charge in [-0.3, -0.25) is 15.0 Å². The van der Waals surface area contributed by atoms with E-state index in [-0.39, 0.29) is 11.9 Å². The summed E-state index contributed by atoms with van der Waals surface area (Å²) in [5.74, 6) is 0.364. The van der Waals surface area contributed by atoms with Gasteiger partial charge in [0.05, 0.1) is 6.04 Å². The molecule has 6 heteroatoms. The summed E-state index contributed by atoms with van der Waals surface area (Å²) >= 11 is 0. The molecule has 0 saturated carbocycles. The first kappa shape index (κ1) is 17.9. The zero-order chi connectivity index (χ0) is 15.7. The van der Waals surface area contributed by atoms with Crippen LogP contribution in [0, 0.1) is 5.92 Å². The summed E-state index contributed by atoms with van der Waals surface area (Å²) in [6.45, 7) is 10.2. The Labute approximate surface area is 128 Å². The van der Waals surface area contributed by atoms with Crippen LogP contribution < -0.4 is 16.0 Å². The maximum absolute atomic E-state index is 12.2. The Morgan fingerprint density at radius 3 is 2.71 bits per heavy atom. The van der Waals surface area contributed by atoms with Crippen LogP contribution >= 0.6 is 0 Å². The lowest BCUT2D eigenvalue weighted by atomic mass is 9.98. The quantitative estimate of drug-likeness (QED) is 0.654. The topological polar surface area (TPSA) is 73.5 Å². The molecule has 2 atom stereocenters. The van der Waals surface area contributed by atoms with Gasteiger partial charge < -0.3 is 10.6 Å². The summed E-state index contributed by atoms with van der Waals surface area (Å²) in [7, 11) is 0. The maximum atomic E-state index is 12.2. The van der Waals surface area contributed by atoms with Crippen molar-refractivity contribution in [3.8, 4) is 0 Å². The van der Waals surface area contributed by atoms with Crippen LogP contribution in [0.15, 0.2) is 0 Å². The van der Waals surface area contributed by atoms with Gasteiger partial charge in [-0.1, -0.05) is 6.92 Å². The third-order valence-electron chi connectivity index (χ3n) is 3.90. The van der Waals surface area contributed by atoms with E-state index in [2.05, 4.69) is 27.8 Å². The summed E-state index contributed by atoms with van der Waals surface area (Å²) in [4.78, 5) is 25.8. The lowest BCUT2D eigenvalue weighted by molar-refractivity contribution is -0.125. The van der Waals surface area contributed by atoms with Crippen molar-refractivity contribution in [1.29, 1.82) is 0 Å². The van der Waals surface area contributed by atoms with E-state index >= 15 is 0 Å². The van der Waals surface area contributed by atoms with Crippen LogP contribution in [0.1, 0.15) is 40.0 Å². The summed E-state index contributed by atoms with van der Waals surface area (Å²) in [5.41, 5.74) is 0. The average Bonchev–Trinajstić information content (AvgIpc) is 2.47. The highest BCUT2D eigenvalue weighted by molar-refractivity contribution is 5.96. The molecule has 1 aliphatic rings. The molecule has 0 aliphatic carbocycles. The second-order valence-corrected chi connectivity index (χ2v) is 5.73. The molecule has 1 heterocycles. The van der Waals surface area contributed by atoms with Gasteiger partial charge in [0.25, 0.3) is 0 Å². The third-order valence-corrected chi connectivity index (χ3v) is 3.90. The number of hydrogen-bond acceptors (Lipinski definition) is 4. The van der Waals surface area contributed by atoms with Gasteiger partial charge in [-0.05, 0) is 58.7 Å². The minimum Gasteiger partial charge on any atom is -0.338 e. The van der Waals surface area contributed by atoms with Crippen molar-refractivity contribution in [1.82, 2.24) is 20.9 Å². The Kier molecular flexibility index (Phi) is 8.30. The van der Waals surface area contributed by atoms with Crippen LogP contribution in [0.2, 0.25) is 0 Å². The zero-order valence-corrected chi connectivity index (χ0v) is 13.6. The van der Waals surface area contributed by atoms with Crippen molar-refractivity contribution in [3.05, 3.63) is 0 Å². The minimum atomic E-state index is -0.412. The normalized spacial score (nSPS) is 20.1. The summed E-state index contributed by atoms with van der Waals surface area (Å²) in [6, 6.07) is -0.695. The van der Waals surface area contributed by atoms with Gasteiger partial charge in [-0.15, -0.1) is 0 Å². The molecule has 1 aliphatic heterocycles. The first-order chi connectivity index (χ1) is 10.1. The number of carbonyl (C=O) groups excluding carboxylic acids is 2. The number of piperidine rings is 1. The fourth-order valence-electron chi connectivity index (χ4n) is 2.73. The third kappa shape index (κ3) is 6.44. The van der Waals surface area contributed by atoms with Gasteiger partial charge >= 0.3 is 6.03 Å². The van der Waals surface area contributed by atoms with Crippen molar-refractivity contribution >= 4 is 11.9 Å². The average molecular weight is 298 g/mol. The second kappa shape index (κ2) is 9.73. The Balaban J connectivity index is 2.52. The Hall–Kier alpha value is -1.14. The fraction of sp³-hybridized carbons (Fsp3) is 0.867. The smallest absolute Gasteiger partial charge is 0.321 e.